The average molecular weight is 242 g/mol. The number of aliphatic carboxylic acids is 1. The molecule has 2 fully saturated rings. The van der Waals surface area contributed by atoms with Crippen LogP contribution in [0.2, 0.25) is 0 Å². The highest BCUT2D eigenvalue weighted by molar-refractivity contribution is 5.76. The molecule has 0 radical (unpaired) electrons. The molecular weight excluding hydrogens is 220 g/mol. The van der Waals surface area contributed by atoms with Gasteiger partial charge in [-0.1, -0.05) is 0 Å². The second kappa shape index (κ2) is 4.92. The quantitative estimate of drug-likeness (QED) is 0.649. The topological polar surface area (TPSA) is 72.8 Å². The van der Waals surface area contributed by atoms with E-state index in [4.69, 9.17) is 5.11 Å². The van der Waals surface area contributed by atoms with Crippen LogP contribution in [0.5, 0.6) is 0 Å². The van der Waals surface area contributed by atoms with E-state index in [1.165, 1.54) is 26.3 Å². The van der Waals surface area contributed by atoms with E-state index in [1.54, 1.807) is 0 Å². The van der Waals surface area contributed by atoms with E-state index in [2.05, 4.69) is 10.2 Å². The molecule has 2 aliphatic rings. The van der Waals surface area contributed by atoms with Gasteiger partial charge in [-0.05, 0) is 45.7 Å². The molecule has 2 saturated heterocycles. The summed E-state index contributed by atoms with van der Waals surface area (Å²) in [5.74, 6) is -1.16. The number of nitrogens with zero attached hydrogens (tertiary/aromatic N) is 1. The second-order valence-corrected chi connectivity index (χ2v) is 5.51. The fourth-order valence-corrected chi connectivity index (χ4v) is 2.83. The Labute approximate surface area is 102 Å². The van der Waals surface area contributed by atoms with Gasteiger partial charge < -0.3 is 20.4 Å². The third-order valence-corrected chi connectivity index (χ3v) is 4.02. The number of aliphatic hydroxyl groups is 1. The zero-order valence-corrected chi connectivity index (χ0v) is 10.4. The molecule has 0 amide bonds. The van der Waals surface area contributed by atoms with E-state index >= 15 is 0 Å². The van der Waals surface area contributed by atoms with Crippen LogP contribution >= 0.6 is 0 Å². The largest absolute Gasteiger partial charge is 0.479 e. The third kappa shape index (κ3) is 2.97. The van der Waals surface area contributed by atoms with Gasteiger partial charge in [-0.2, -0.15) is 0 Å². The number of rotatable bonds is 4. The lowest BCUT2D eigenvalue weighted by atomic mass is 9.96. The van der Waals surface area contributed by atoms with Crippen molar-refractivity contribution in [2.45, 2.75) is 50.3 Å². The van der Waals surface area contributed by atoms with Gasteiger partial charge in [0.05, 0.1) is 0 Å². The first-order valence-corrected chi connectivity index (χ1v) is 6.42. The molecule has 3 unspecified atom stereocenters. The molecule has 3 atom stereocenters. The number of carboxylic acid groups (broad SMARTS) is 1. The minimum Gasteiger partial charge on any atom is -0.479 e. The van der Waals surface area contributed by atoms with E-state index in [-0.39, 0.29) is 6.54 Å². The summed E-state index contributed by atoms with van der Waals surface area (Å²) in [7, 11) is 0. The Bertz CT molecular complexity index is 293. The fourth-order valence-electron chi connectivity index (χ4n) is 2.83. The van der Waals surface area contributed by atoms with Gasteiger partial charge >= 0.3 is 5.97 Å². The van der Waals surface area contributed by atoms with Crippen molar-refractivity contribution in [2.75, 3.05) is 19.6 Å². The normalized spacial score (nSPS) is 33.1. The van der Waals surface area contributed by atoms with Gasteiger partial charge in [-0.25, -0.2) is 4.79 Å². The minimum absolute atomic E-state index is 0.125. The van der Waals surface area contributed by atoms with Crippen molar-refractivity contribution in [1.29, 1.82) is 0 Å². The molecule has 2 aliphatic heterocycles. The predicted molar refractivity (Wildman–Crippen MR) is 63.9 cm³/mol. The number of piperidine rings is 1. The smallest absolute Gasteiger partial charge is 0.336 e. The van der Waals surface area contributed by atoms with Crippen LogP contribution < -0.4 is 5.32 Å². The number of hydrogen-bond acceptors (Lipinski definition) is 4. The van der Waals surface area contributed by atoms with Crippen LogP contribution in [-0.4, -0.2) is 58.4 Å². The summed E-state index contributed by atoms with van der Waals surface area (Å²) in [5.41, 5.74) is -1.66. The summed E-state index contributed by atoms with van der Waals surface area (Å²) in [6.45, 7) is 3.77. The van der Waals surface area contributed by atoms with Crippen LogP contribution in [0.1, 0.15) is 32.6 Å². The van der Waals surface area contributed by atoms with E-state index in [0.29, 0.717) is 12.1 Å². The fraction of sp³-hybridized carbons (Fsp3) is 0.917. The molecule has 17 heavy (non-hydrogen) atoms. The summed E-state index contributed by atoms with van der Waals surface area (Å²) in [6, 6.07) is 1.01. The Morgan fingerprint density at radius 3 is 2.94 bits per heavy atom. The molecule has 0 aromatic rings. The van der Waals surface area contributed by atoms with Crippen molar-refractivity contribution in [1.82, 2.24) is 10.2 Å². The molecule has 0 spiro atoms. The summed E-state index contributed by atoms with van der Waals surface area (Å²) in [4.78, 5) is 13.3. The molecule has 0 bridgehead atoms. The molecule has 5 nitrogen and oxygen atoms in total. The van der Waals surface area contributed by atoms with Crippen molar-refractivity contribution >= 4 is 5.97 Å². The molecule has 0 aromatic carbocycles. The first kappa shape index (κ1) is 12.8. The Morgan fingerprint density at radius 2 is 2.24 bits per heavy atom. The number of hydrogen-bond donors (Lipinski definition) is 3. The van der Waals surface area contributed by atoms with Crippen molar-refractivity contribution in [3.8, 4) is 0 Å². The van der Waals surface area contributed by atoms with E-state index in [1.807, 2.05) is 0 Å². The molecule has 0 aromatic heterocycles. The van der Waals surface area contributed by atoms with Crippen LogP contribution in [-0.2, 0) is 4.79 Å². The van der Waals surface area contributed by atoms with E-state index in [9.17, 15) is 9.90 Å². The minimum atomic E-state index is -1.66. The Balaban J connectivity index is 1.79. The lowest BCUT2D eigenvalue weighted by Gasteiger charge is -2.36. The van der Waals surface area contributed by atoms with Crippen LogP contribution in [0, 0.1) is 0 Å². The molecule has 5 heteroatoms. The maximum absolute atomic E-state index is 10.8. The monoisotopic (exact) mass is 242 g/mol. The Morgan fingerprint density at radius 1 is 1.47 bits per heavy atom. The van der Waals surface area contributed by atoms with Gasteiger partial charge in [0.1, 0.15) is 0 Å². The summed E-state index contributed by atoms with van der Waals surface area (Å²) >= 11 is 0. The average Bonchev–Trinajstić information content (AvgIpc) is 2.73. The van der Waals surface area contributed by atoms with Crippen molar-refractivity contribution in [3.05, 3.63) is 0 Å². The van der Waals surface area contributed by atoms with Gasteiger partial charge in [0.15, 0.2) is 5.60 Å². The summed E-state index contributed by atoms with van der Waals surface area (Å²) in [6.07, 6.45) is 4.67. The maximum Gasteiger partial charge on any atom is 0.336 e. The van der Waals surface area contributed by atoms with Gasteiger partial charge in [0.25, 0.3) is 0 Å². The lowest BCUT2D eigenvalue weighted by molar-refractivity contribution is -0.156. The molecule has 2 heterocycles. The van der Waals surface area contributed by atoms with Crippen LogP contribution in [0.4, 0.5) is 0 Å². The SMILES string of the molecule is CC(O)(CNC1CCN2CCCC2C1)C(=O)O. The van der Waals surface area contributed by atoms with Gasteiger partial charge in [0, 0.05) is 18.6 Å². The molecular formula is C12H22N2O3. The van der Waals surface area contributed by atoms with Gasteiger partial charge in [-0.3, -0.25) is 0 Å². The zero-order chi connectivity index (χ0) is 12.5. The van der Waals surface area contributed by atoms with Gasteiger partial charge in [0.2, 0.25) is 0 Å². The Hall–Kier alpha value is -0.650. The highest BCUT2D eigenvalue weighted by Gasteiger charge is 2.34. The number of fused-ring (bicyclic) bond motifs is 1. The highest BCUT2D eigenvalue weighted by atomic mass is 16.4. The van der Waals surface area contributed by atoms with E-state index in [0.717, 1.165) is 19.4 Å². The van der Waals surface area contributed by atoms with Gasteiger partial charge in [-0.15, -0.1) is 0 Å². The number of carboxylic acids is 1. The van der Waals surface area contributed by atoms with Crippen LogP contribution in [0.15, 0.2) is 0 Å². The summed E-state index contributed by atoms with van der Waals surface area (Å²) < 4.78 is 0. The first-order chi connectivity index (χ1) is 7.99. The molecule has 3 N–H and O–H groups in total. The van der Waals surface area contributed by atoms with Crippen molar-refractivity contribution in [2.24, 2.45) is 0 Å². The standard InChI is InChI=1S/C12H22N2O3/c1-12(17,11(15)16)8-13-9-4-6-14-5-2-3-10(14)7-9/h9-10,13,17H,2-8H2,1H3,(H,15,16). The zero-order valence-electron chi connectivity index (χ0n) is 10.4. The predicted octanol–water partition coefficient (Wildman–Crippen LogP) is 0.0384. The van der Waals surface area contributed by atoms with Crippen LogP contribution in [0.3, 0.4) is 0 Å². The van der Waals surface area contributed by atoms with E-state index < -0.39 is 11.6 Å². The van der Waals surface area contributed by atoms with Crippen molar-refractivity contribution in [3.63, 3.8) is 0 Å². The molecule has 98 valence electrons. The third-order valence-electron chi connectivity index (χ3n) is 4.02. The Kier molecular flexibility index (Phi) is 3.70. The molecule has 2 rings (SSSR count). The number of carbonyl (C=O) groups is 1. The van der Waals surface area contributed by atoms with Crippen molar-refractivity contribution < 1.29 is 15.0 Å². The maximum atomic E-state index is 10.8. The highest BCUT2D eigenvalue weighted by Crippen LogP contribution is 2.26. The second-order valence-electron chi connectivity index (χ2n) is 5.51. The number of nitrogens with one attached hydrogen (secondary N) is 1. The molecule has 0 aliphatic carbocycles. The van der Waals surface area contributed by atoms with Crippen LogP contribution in [0.25, 0.3) is 0 Å². The lowest BCUT2D eigenvalue weighted by Crippen LogP contribution is -2.51. The molecule has 0 saturated carbocycles. The first-order valence-electron chi connectivity index (χ1n) is 6.42. The summed E-state index contributed by atoms with van der Waals surface area (Å²) in [5, 5.41) is 21.7.